The van der Waals surface area contributed by atoms with Crippen LogP contribution in [-0.2, 0) is 14.3 Å². The number of carbonyl (C=O) groups excluding carboxylic acids is 3. The van der Waals surface area contributed by atoms with Gasteiger partial charge in [0, 0.05) is 31.9 Å². The maximum Gasteiger partial charge on any atom is 0.337 e. The van der Waals surface area contributed by atoms with Crippen LogP contribution in [0, 0.1) is 5.41 Å². The summed E-state index contributed by atoms with van der Waals surface area (Å²) in [6.07, 6.45) is 0. The molecule has 0 radical (unpaired) electrons. The van der Waals surface area contributed by atoms with E-state index in [1.165, 1.54) is 7.11 Å². The number of esters is 1. The molecule has 7 heteroatoms. The van der Waals surface area contributed by atoms with Crippen LogP contribution in [0.15, 0.2) is 24.3 Å². The molecule has 1 aromatic carbocycles. The quantitative estimate of drug-likeness (QED) is 0.654. The smallest absolute Gasteiger partial charge is 0.337 e. The van der Waals surface area contributed by atoms with Gasteiger partial charge in [-0.15, -0.1) is 0 Å². The lowest BCUT2D eigenvalue weighted by molar-refractivity contribution is -0.147. The minimum absolute atomic E-state index is 0.177. The summed E-state index contributed by atoms with van der Waals surface area (Å²) >= 11 is 0. The summed E-state index contributed by atoms with van der Waals surface area (Å²) in [6.45, 7) is 6.12. The van der Waals surface area contributed by atoms with Crippen LogP contribution >= 0.6 is 0 Å². The molecule has 1 N–H and O–H groups in total. The molecule has 0 atom stereocenters. The molecule has 2 amide bonds. The van der Waals surface area contributed by atoms with Crippen molar-refractivity contribution in [1.29, 1.82) is 0 Å². The lowest BCUT2D eigenvalue weighted by Crippen LogP contribution is -2.53. The highest BCUT2D eigenvalue weighted by atomic mass is 16.5. The first-order valence-electron chi connectivity index (χ1n) is 8.23. The van der Waals surface area contributed by atoms with Crippen LogP contribution in [0.25, 0.3) is 0 Å². The first kappa shape index (κ1) is 18.9. The number of ether oxygens (including phenoxy) is 1. The Balaban J connectivity index is 2.02. The van der Waals surface area contributed by atoms with Crippen molar-refractivity contribution in [3.8, 4) is 0 Å². The summed E-state index contributed by atoms with van der Waals surface area (Å²) in [4.78, 5) is 40.6. The van der Waals surface area contributed by atoms with E-state index in [1.807, 2.05) is 7.05 Å². The fourth-order valence-electron chi connectivity index (χ4n) is 2.60. The molecule has 1 aliphatic heterocycles. The van der Waals surface area contributed by atoms with Gasteiger partial charge in [-0.3, -0.25) is 9.59 Å². The Bertz CT molecular complexity index is 647. The van der Waals surface area contributed by atoms with Crippen LogP contribution in [0.4, 0.5) is 5.69 Å². The molecule has 1 saturated heterocycles. The number of nitrogens with zero attached hydrogens (tertiary/aromatic N) is 2. The molecule has 2 rings (SSSR count). The van der Waals surface area contributed by atoms with Gasteiger partial charge in [-0.05, 0) is 45.2 Å². The van der Waals surface area contributed by atoms with Crippen molar-refractivity contribution in [1.82, 2.24) is 9.80 Å². The van der Waals surface area contributed by atoms with Crippen LogP contribution in [0.1, 0.15) is 24.2 Å². The van der Waals surface area contributed by atoms with E-state index in [0.29, 0.717) is 24.3 Å². The highest BCUT2D eigenvalue weighted by Gasteiger charge is 2.39. The standard InChI is InChI=1S/C18H25N3O4/c1-18(2,17(24)21-11-9-20(3)10-12-21)16(23)19-14-7-5-13(6-8-14)15(22)25-4/h5-8H,9-12H2,1-4H3,(H,19,23). The van der Waals surface area contributed by atoms with Gasteiger partial charge in [-0.1, -0.05) is 0 Å². The first-order chi connectivity index (χ1) is 11.8. The number of rotatable bonds is 4. The Morgan fingerprint density at radius 3 is 2.12 bits per heavy atom. The number of hydrogen-bond donors (Lipinski definition) is 1. The monoisotopic (exact) mass is 347 g/mol. The van der Waals surface area contributed by atoms with Crippen LogP contribution < -0.4 is 5.32 Å². The number of carbonyl (C=O) groups is 3. The summed E-state index contributed by atoms with van der Waals surface area (Å²) in [5.41, 5.74) is -0.248. The van der Waals surface area contributed by atoms with Crippen molar-refractivity contribution in [2.75, 3.05) is 45.7 Å². The number of nitrogens with one attached hydrogen (secondary N) is 1. The Morgan fingerprint density at radius 1 is 1.04 bits per heavy atom. The Morgan fingerprint density at radius 2 is 1.60 bits per heavy atom. The first-order valence-corrected chi connectivity index (χ1v) is 8.23. The van der Waals surface area contributed by atoms with Gasteiger partial charge in [-0.2, -0.15) is 0 Å². The molecule has 1 aromatic rings. The number of benzene rings is 1. The summed E-state index contributed by atoms with van der Waals surface area (Å²) in [5, 5.41) is 2.75. The van der Waals surface area contributed by atoms with Crippen LogP contribution in [-0.4, -0.2) is 67.9 Å². The Hall–Kier alpha value is -2.41. The van der Waals surface area contributed by atoms with E-state index in [1.54, 1.807) is 43.0 Å². The van der Waals surface area contributed by atoms with Gasteiger partial charge in [0.1, 0.15) is 5.41 Å². The van der Waals surface area contributed by atoms with Crippen molar-refractivity contribution in [2.45, 2.75) is 13.8 Å². The fraction of sp³-hybridized carbons (Fsp3) is 0.500. The normalized spacial score (nSPS) is 15.6. The minimum atomic E-state index is -1.17. The number of likely N-dealkylation sites (N-methyl/N-ethyl adjacent to an activating group) is 1. The van der Waals surface area contributed by atoms with E-state index in [-0.39, 0.29) is 11.8 Å². The topological polar surface area (TPSA) is 78.9 Å². The Labute approximate surface area is 147 Å². The van der Waals surface area contributed by atoms with Crippen molar-refractivity contribution in [3.63, 3.8) is 0 Å². The molecule has 0 spiro atoms. The molecule has 1 heterocycles. The minimum Gasteiger partial charge on any atom is -0.465 e. The lowest BCUT2D eigenvalue weighted by atomic mass is 9.89. The van der Waals surface area contributed by atoms with E-state index in [9.17, 15) is 14.4 Å². The average Bonchev–Trinajstić information content (AvgIpc) is 2.61. The average molecular weight is 347 g/mol. The molecular formula is C18H25N3O4. The van der Waals surface area contributed by atoms with Gasteiger partial charge >= 0.3 is 5.97 Å². The van der Waals surface area contributed by atoms with E-state index in [0.717, 1.165) is 13.1 Å². The fourth-order valence-corrected chi connectivity index (χ4v) is 2.60. The van der Waals surface area contributed by atoms with Gasteiger partial charge in [0.25, 0.3) is 0 Å². The molecule has 0 saturated carbocycles. The number of anilines is 1. The maximum atomic E-state index is 12.7. The molecule has 25 heavy (non-hydrogen) atoms. The van der Waals surface area contributed by atoms with Gasteiger partial charge in [0.05, 0.1) is 12.7 Å². The number of piperazine rings is 1. The second-order valence-corrected chi connectivity index (χ2v) is 6.74. The van der Waals surface area contributed by atoms with Gasteiger partial charge in [-0.25, -0.2) is 4.79 Å². The zero-order valence-corrected chi connectivity index (χ0v) is 15.2. The SMILES string of the molecule is COC(=O)c1ccc(NC(=O)C(C)(C)C(=O)N2CCN(C)CC2)cc1. The Kier molecular flexibility index (Phi) is 5.79. The highest BCUT2D eigenvalue weighted by molar-refractivity contribution is 6.10. The molecule has 136 valence electrons. The van der Waals surface area contributed by atoms with E-state index in [4.69, 9.17) is 0 Å². The third kappa shape index (κ3) is 4.36. The second-order valence-electron chi connectivity index (χ2n) is 6.74. The van der Waals surface area contributed by atoms with Crippen LogP contribution in [0.2, 0.25) is 0 Å². The zero-order chi connectivity index (χ0) is 18.6. The van der Waals surface area contributed by atoms with Gasteiger partial charge in [0.2, 0.25) is 11.8 Å². The molecule has 0 aromatic heterocycles. The zero-order valence-electron chi connectivity index (χ0n) is 15.2. The summed E-state index contributed by atoms with van der Waals surface area (Å²) < 4.78 is 4.64. The van der Waals surface area contributed by atoms with Gasteiger partial charge < -0.3 is 19.9 Å². The third-order valence-corrected chi connectivity index (χ3v) is 4.46. The van der Waals surface area contributed by atoms with Crippen molar-refractivity contribution >= 4 is 23.5 Å². The van der Waals surface area contributed by atoms with Crippen molar-refractivity contribution in [3.05, 3.63) is 29.8 Å². The largest absolute Gasteiger partial charge is 0.465 e. The lowest BCUT2D eigenvalue weighted by Gasteiger charge is -2.36. The third-order valence-electron chi connectivity index (χ3n) is 4.46. The van der Waals surface area contributed by atoms with Crippen molar-refractivity contribution < 1.29 is 19.1 Å². The number of methoxy groups -OCH3 is 1. The molecule has 0 unspecified atom stereocenters. The van der Waals surface area contributed by atoms with Gasteiger partial charge in [0.15, 0.2) is 0 Å². The predicted molar refractivity (Wildman–Crippen MR) is 94.3 cm³/mol. The maximum absolute atomic E-state index is 12.7. The molecule has 7 nitrogen and oxygen atoms in total. The molecule has 0 bridgehead atoms. The molecule has 1 fully saturated rings. The predicted octanol–water partition coefficient (Wildman–Crippen LogP) is 1.21. The number of amides is 2. The molecule has 1 aliphatic rings. The van der Waals surface area contributed by atoms with E-state index < -0.39 is 11.4 Å². The summed E-state index contributed by atoms with van der Waals surface area (Å²) in [5.74, 6) is -0.991. The van der Waals surface area contributed by atoms with E-state index in [2.05, 4.69) is 15.0 Å². The van der Waals surface area contributed by atoms with Crippen LogP contribution in [0.3, 0.4) is 0 Å². The summed E-state index contributed by atoms with van der Waals surface area (Å²) in [6, 6.07) is 6.36. The highest BCUT2D eigenvalue weighted by Crippen LogP contribution is 2.23. The van der Waals surface area contributed by atoms with Crippen molar-refractivity contribution in [2.24, 2.45) is 5.41 Å². The molecule has 0 aliphatic carbocycles. The summed E-state index contributed by atoms with van der Waals surface area (Å²) in [7, 11) is 3.32. The second kappa shape index (κ2) is 7.65. The van der Waals surface area contributed by atoms with Crippen LogP contribution in [0.5, 0.6) is 0 Å². The van der Waals surface area contributed by atoms with E-state index >= 15 is 0 Å². The molecular weight excluding hydrogens is 322 g/mol. The number of hydrogen-bond acceptors (Lipinski definition) is 5.